The Morgan fingerprint density at radius 1 is 0.345 bits per heavy atom. The molecule has 0 fully saturated rings. The first kappa shape index (κ1) is 36.6. The lowest BCUT2D eigenvalue weighted by molar-refractivity contribution is -0.149. The van der Waals surface area contributed by atoms with E-state index in [4.69, 9.17) is 9.47 Å². The molecule has 4 heteroatoms. The lowest BCUT2D eigenvalue weighted by atomic mass is 9.91. The highest BCUT2D eigenvalue weighted by Crippen LogP contribution is 2.39. The van der Waals surface area contributed by atoms with E-state index >= 15 is 0 Å². The minimum Gasteiger partial charge on any atom is -0.452 e. The molecule has 2 atom stereocenters. The van der Waals surface area contributed by atoms with Crippen LogP contribution in [-0.4, -0.2) is 11.9 Å². The molecule has 0 amide bonds. The molecule has 9 rings (SSSR count). The van der Waals surface area contributed by atoms with E-state index < -0.39 is 24.0 Å². The molecule has 0 bridgehead atoms. The lowest BCUT2D eigenvalue weighted by Gasteiger charge is -2.25. The SMILES string of the molecule is C[C@@H](C(=O)OC(c1cccc2ccccc12)c1cccc2ccccc12)c1cccc([C@@H](C)C(=O)OC(c2cccc3ccccc23)c2cccc3ccccc23)c1. The van der Waals surface area contributed by atoms with Gasteiger partial charge < -0.3 is 9.47 Å². The van der Waals surface area contributed by atoms with Gasteiger partial charge >= 0.3 is 11.9 Å². The van der Waals surface area contributed by atoms with Crippen LogP contribution in [0.15, 0.2) is 194 Å². The summed E-state index contributed by atoms with van der Waals surface area (Å²) in [5, 5.41) is 8.42. The van der Waals surface area contributed by atoms with Crippen LogP contribution < -0.4 is 0 Å². The van der Waals surface area contributed by atoms with Crippen molar-refractivity contribution in [1.82, 2.24) is 0 Å². The fraction of sp³-hybridized carbons (Fsp3) is 0.111. The Kier molecular flexibility index (Phi) is 9.99. The minimum atomic E-state index is -0.649. The Bertz CT molecular complexity index is 2590. The molecular weight excluding hydrogens is 713 g/mol. The van der Waals surface area contributed by atoms with Crippen molar-refractivity contribution < 1.29 is 19.1 Å². The zero-order valence-electron chi connectivity index (χ0n) is 32.4. The Morgan fingerprint density at radius 3 is 0.914 bits per heavy atom. The van der Waals surface area contributed by atoms with Crippen LogP contribution in [0, 0.1) is 0 Å². The summed E-state index contributed by atoms with van der Waals surface area (Å²) in [5.41, 5.74) is 5.21. The molecule has 282 valence electrons. The second kappa shape index (κ2) is 15.8. The van der Waals surface area contributed by atoms with E-state index in [2.05, 4.69) is 72.8 Å². The van der Waals surface area contributed by atoms with Gasteiger partial charge in [-0.05, 0) is 68.1 Å². The van der Waals surface area contributed by atoms with Crippen LogP contribution >= 0.6 is 0 Å². The fourth-order valence-electron chi connectivity index (χ4n) is 8.31. The summed E-state index contributed by atoms with van der Waals surface area (Å²) in [7, 11) is 0. The van der Waals surface area contributed by atoms with Crippen molar-refractivity contribution in [1.29, 1.82) is 0 Å². The van der Waals surface area contributed by atoms with E-state index in [9.17, 15) is 9.59 Å². The van der Waals surface area contributed by atoms with E-state index in [1.165, 1.54) is 0 Å². The third-order valence-electron chi connectivity index (χ3n) is 11.5. The van der Waals surface area contributed by atoms with Gasteiger partial charge in [0, 0.05) is 22.3 Å². The van der Waals surface area contributed by atoms with E-state index in [0.717, 1.165) is 76.5 Å². The average Bonchev–Trinajstić information content (AvgIpc) is 3.28. The summed E-state index contributed by atoms with van der Waals surface area (Å²) in [6.45, 7) is 3.73. The molecule has 4 nitrogen and oxygen atoms in total. The van der Waals surface area contributed by atoms with Crippen LogP contribution in [0.25, 0.3) is 43.1 Å². The summed E-state index contributed by atoms with van der Waals surface area (Å²) >= 11 is 0. The topological polar surface area (TPSA) is 52.6 Å². The quantitative estimate of drug-likeness (QED) is 0.130. The van der Waals surface area contributed by atoms with Crippen molar-refractivity contribution in [2.24, 2.45) is 0 Å². The number of benzene rings is 9. The fourth-order valence-corrected chi connectivity index (χ4v) is 8.31. The molecular formula is C54H42O4. The molecule has 0 aliphatic heterocycles. The maximum absolute atomic E-state index is 14.3. The standard InChI is InChI=1S/C54H42O4/c1-35(53(55)57-51(47-30-12-20-37-16-3-7-26-43(37)47)48-31-13-21-38-17-4-8-27-44(38)48)41-24-11-25-42(34-41)36(2)54(56)58-52(49-32-14-22-39-18-5-9-28-45(39)49)50-33-15-23-40-19-6-10-29-46(40)50/h3-36,51-52H,1-2H3/t35-,36-/m1/s1. The predicted octanol–water partition coefficient (Wildman–Crippen LogP) is 13.2. The molecule has 0 radical (unpaired) electrons. The van der Waals surface area contributed by atoms with Crippen molar-refractivity contribution in [3.63, 3.8) is 0 Å². The molecule has 0 unspecified atom stereocenters. The predicted molar refractivity (Wildman–Crippen MR) is 235 cm³/mol. The van der Waals surface area contributed by atoms with Crippen molar-refractivity contribution in [2.75, 3.05) is 0 Å². The zero-order chi connectivity index (χ0) is 39.6. The molecule has 9 aromatic rings. The minimum absolute atomic E-state index is 0.356. The Morgan fingerprint density at radius 2 is 0.603 bits per heavy atom. The maximum atomic E-state index is 14.3. The van der Waals surface area contributed by atoms with Gasteiger partial charge in [0.15, 0.2) is 12.2 Å². The van der Waals surface area contributed by atoms with E-state index in [1.54, 1.807) is 0 Å². The van der Waals surface area contributed by atoms with Crippen molar-refractivity contribution in [3.05, 3.63) is 228 Å². The average molecular weight is 755 g/mol. The first-order valence-electron chi connectivity index (χ1n) is 19.9. The van der Waals surface area contributed by atoms with Crippen molar-refractivity contribution >= 4 is 55.0 Å². The molecule has 0 spiro atoms. The molecule has 0 aromatic heterocycles. The Labute approximate surface area is 338 Å². The number of carbonyl (C=O) groups excluding carboxylic acids is 2. The van der Waals surface area contributed by atoms with Gasteiger partial charge in [0.05, 0.1) is 11.8 Å². The number of ether oxygens (including phenoxy) is 2. The second-order valence-corrected chi connectivity index (χ2v) is 15.0. The molecule has 0 aliphatic carbocycles. The smallest absolute Gasteiger partial charge is 0.314 e. The van der Waals surface area contributed by atoms with Crippen LogP contribution in [0.4, 0.5) is 0 Å². The van der Waals surface area contributed by atoms with Gasteiger partial charge in [-0.15, -0.1) is 0 Å². The van der Waals surface area contributed by atoms with Gasteiger partial charge in [0.1, 0.15) is 0 Å². The Balaban J connectivity index is 1.02. The molecule has 58 heavy (non-hydrogen) atoms. The number of rotatable bonds is 10. The highest BCUT2D eigenvalue weighted by atomic mass is 16.5. The highest BCUT2D eigenvalue weighted by molar-refractivity contribution is 5.92. The summed E-state index contributed by atoms with van der Waals surface area (Å²) in [6.07, 6.45) is -1.30. The monoisotopic (exact) mass is 754 g/mol. The van der Waals surface area contributed by atoms with E-state index in [-0.39, 0.29) is 11.9 Å². The van der Waals surface area contributed by atoms with E-state index in [0.29, 0.717) is 0 Å². The van der Waals surface area contributed by atoms with Gasteiger partial charge in [-0.25, -0.2) is 0 Å². The normalized spacial score (nSPS) is 12.6. The zero-order valence-corrected chi connectivity index (χ0v) is 32.4. The third kappa shape index (κ3) is 6.99. The third-order valence-corrected chi connectivity index (χ3v) is 11.5. The van der Waals surface area contributed by atoms with Crippen molar-refractivity contribution in [3.8, 4) is 0 Å². The Hall–Kier alpha value is -7.04. The largest absolute Gasteiger partial charge is 0.452 e. The summed E-state index contributed by atoms with van der Waals surface area (Å²) in [4.78, 5) is 28.7. The van der Waals surface area contributed by atoms with Crippen LogP contribution in [-0.2, 0) is 19.1 Å². The molecule has 9 aromatic carbocycles. The van der Waals surface area contributed by atoms with Gasteiger partial charge in [0.25, 0.3) is 0 Å². The van der Waals surface area contributed by atoms with Gasteiger partial charge in [-0.2, -0.15) is 0 Å². The highest BCUT2D eigenvalue weighted by Gasteiger charge is 2.29. The van der Waals surface area contributed by atoms with Crippen LogP contribution in [0.2, 0.25) is 0 Å². The van der Waals surface area contributed by atoms with Gasteiger partial charge in [-0.1, -0.05) is 194 Å². The molecule has 0 saturated heterocycles. The molecule has 0 heterocycles. The summed E-state index contributed by atoms with van der Waals surface area (Å²) < 4.78 is 13.2. The second-order valence-electron chi connectivity index (χ2n) is 15.0. The molecule has 0 saturated carbocycles. The first-order chi connectivity index (χ1) is 28.4. The number of hydrogen-bond acceptors (Lipinski definition) is 4. The summed E-state index contributed by atoms with van der Waals surface area (Å²) in [6, 6.07) is 65.0. The van der Waals surface area contributed by atoms with Crippen LogP contribution in [0.1, 0.15) is 71.3 Å². The van der Waals surface area contributed by atoms with Crippen molar-refractivity contribution in [2.45, 2.75) is 37.9 Å². The van der Waals surface area contributed by atoms with Crippen LogP contribution in [0.3, 0.4) is 0 Å². The number of hydrogen-bond donors (Lipinski definition) is 0. The maximum Gasteiger partial charge on any atom is 0.314 e. The first-order valence-corrected chi connectivity index (χ1v) is 19.9. The molecule has 0 N–H and O–H groups in total. The number of fused-ring (bicyclic) bond motifs is 4. The van der Waals surface area contributed by atoms with Gasteiger partial charge in [-0.3, -0.25) is 9.59 Å². The molecule has 0 aliphatic rings. The lowest BCUT2D eigenvalue weighted by Crippen LogP contribution is -2.20. The summed E-state index contributed by atoms with van der Waals surface area (Å²) in [5.74, 6) is -1.94. The number of esters is 2. The van der Waals surface area contributed by atoms with E-state index in [1.807, 2.05) is 135 Å². The van der Waals surface area contributed by atoms with Gasteiger partial charge in [0.2, 0.25) is 0 Å². The van der Waals surface area contributed by atoms with Crippen LogP contribution in [0.5, 0.6) is 0 Å². The number of carbonyl (C=O) groups is 2.